The van der Waals surface area contributed by atoms with Gasteiger partial charge in [-0.05, 0) is 23.1 Å². The van der Waals surface area contributed by atoms with Gasteiger partial charge in [-0.25, -0.2) is 0 Å². The number of carbonyl (C=O) groups excluding carboxylic acids is 2. The summed E-state index contributed by atoms with van der Waals surface area (Å²) in [5.74, 6) is -0.755. The summed E-state index contributed by atoms with van der Waals surface area (Å²) in [6.07, 6.45) is -0.0148. The van der Waals surface area contributed by atoms with Gasteiger partial charge in [0.25, 0.3) is 0 Å². The molecule has 0 radical (unpaired) electrons. The molecule has 0 heterocycles. The van der Waals surface area contributed by atoms with E-state index in [0.717, 1.165) is 5.56 Å². The minimum Gasteiger partial charge on any atom is -0.465 e. The van der Waals surface area contributed by atoms with Crippen molar-refractivity contribution in [3.05, 3.63) is 35.9 Å². The van der Waals surface area contributed by atoms with Gasteiger partial charge >= 0.3 is 5.97 Å². The van der Waals surface area contributed by atoms with Crippen LogP contribution in [0.5, 0.6) is 0 Å². The molecule has 0 bridgehead atoms. The molecule has 18 heavy (non-hydrogen) atoms. The molecule has 0 aliphatic carbocycles. The molecule has 0 fully saturated rings. The fourth-order valence-electron chi connectivity index (χ4n) is 1.50. The van der Waals surface area contributed by atoms with Crippen LogP contribution in [0.4, 0.5) is 0 Å². The summed E-state index contributed by atoms with van der Waals surface area (Å²) < 4.78 is 5.06. The standard InChI is InChI=1S/C14H17ClO3/c1-10(2)9-18-13(16)8-12(14(15)17)11-6-4-3-5-7-11/h3-7,10,12H,8-9H2,1-2H3. The highest BCUT2D eigenvalue weighted by Gasteiger charge is 2.22. The average molecular weight is 269 g/mol. The van der Waals surface area contributed by atoms with E-state index in [4.69, 9.17) is 16.3 Å². The second-order valence-corrected chi connectivity index (χ2v) is 4.92. The lowest BCUT2D eigenvalue weighted by molar-refractivity contribution is -0.146. The number of carbonyl (C=O) groups is 2. The molecule has 0 amide bonds. The Morgan fingerprint density at radius 1 is 1.22 bits per heavy atom. The average Bonchev–Trinajstić information content (AvgIpc) is 2.34. The zero-order valence-corrected chi connectivity index (χ0v) is 11.3. The van der Waals surface area contributed by atoms with E-state index in [-0.39, 0.29) is 12.3 Å². The van der Waals surface area contributed by atoms with E-state index in [1.165, 1.54) is 0 Å². The van der Waals surface area contributed by atoms with Gasteiger partial charge in [0, 0.05) is 0 Å². The first-order valence-corrected chi connectivity index (χ1v) is 6.28. The first kappa shape index (κ1) is 14.7. The van der Waals surface area contributed by atoms with Crippen LogP contribution in [0.1, 0.15) is 31.7 Å². The van der Waals surface area contributed by atoms with Crippen LogP contribution in [0.3, 0.4) is 0 Å². The van der Waals surface area contributed by atoms with E-state index in [1.807, 2.05) is 32.0 Å². The highest BCUT2D eigenvalue weighted by molar-refractivity contribution is 6.64. The van der Waals surface area contributed by atoms with Gasteiger partial charge < -0.3 is 4.74 Å². The van der Waals surface area contributed by atoms with Gasteiger partial charge in [-0.15, -0.1) is 0 Å². The van der Waals surface area contributed by atoms with Crippen molar-refractivity contribution in [3.63, 3.8) is 0 Å². The number of rotatable bonds is 6. The topological polar surface area (TPSA) is 43.4 Å². The molecule has 1 unspecified atom stereocenters. The number of esters is 1. The maximum Gasteiger partial charge on any atom is 0.306 e. The molecular weight excluding hydrogens is 252 g/mol. The van der Waals surface area contributed by atoms with Crippen molar-refractivity contribution in [2.45, 2.75) is 26.2 Å². The summed E-state index contributed by atoms with van der Waals surface area (Å²) in [6.45, 7) is 4.26. The SMILES string of the molecule is CC(C)COC(=O)CC(C(=O)Cl)c1ccccc1. The predicted molar refractivity (Wildman–Crippen MR) is 70.5 cm³/mol. The second-order valence-electron chi connectivity index (χ2n) is 4.55. The molecule has 1 aromatic carbocycles. The fraction of sp³-hybridized carbons (Fsp3) is 0.429. The summed E-state index contributed by atoms with van der Waals surface area (Å²) in [7, 11) is 0. The van der Waals surface area contributed by atoms with Gasteiger partial charge in [0.2, 0.25) is 5.24 Å². The van der Waals surface area contributed by atoms with Crippen LogP contribution in [0.2, 0.25) is 0 Å². The molecule has 3 nitrogen and oxygen atoms in total. The van der Waals surface area contributed by atoms with Gasteiger partial charge in [0.05, 0.1) is 18.9 Å². The minimum atomic E-state index is -0.632. The van der Waals surface area contributed by atoms with E-state index in [2.05, 4.69) is 0 Å². The largest absolute Gasteiger partial charge is 0.465 e. The third-order valence-electron chi connectivity index (χ3n) is 2.42. The minimum absolute atomic E-state index is 0.0148. The fourth-order valence-corrected chi connectivity index (χ4v) is 1.70. The van der Waals surface area contributed by atoms with Crippen LogP contribution in [-0.4, -0.2) is 17.8 Å². The van der Waals surface area contributed by atoms with Crippen LogP contribution in [-0.2, 0) is 14.3 Å². The molecular formula is C14H17ClO3. The highest BCUT2D eigenvalue weighted by atomic mass is 35.5. The molecule has 0 N–H and O–H groups in total. The molecule has 0 aromatic heterocycles. The second kappa shape index (κ2) is 7.17. The Morgan fingerprint density at radius 2 is 1.83 bits per heavy atom. The van der Waals surface area contributed by atoms with E-state index in [9.17, 15) is 9.59 Å². The Balaban J connectivity index is 2.65. The summed E-state index contributed by atoms with van der Waals surface area (Å²) >= 11 is 5.54. The normalized spacial score (nSPS) is 12.2. The van der Waals surface area contributed by atoms with Gasteiger partial charge in [0.15, 0.2) is 0 Å². The number of benzene rings is 1. The Hall–Kier alpha value is -1.35. The van der Waals surface area contributed by atoms with Crippen LogP contribution in [0, 0.1) is 5.92 Å². The predicted octanol–water partition coefficient (Wildman–Crippen LogP) is 3.12. The molecule has 1 aromatic rings. The van der Waals surface area contributed by atoms with Crippen LogP contribution in [0.25, 0.3) is 0 Å². The van der Waals surface area contributed by atoms with Gasteiger partial charge in [-0.3, -0.25) is 9.59 Å². The number of hydrogen-bond donors (Lipinski definition) is 0. The number of ether oxygens (including phenoxy) is 1. The van der Waals surface area contributed by atoms with Gasteiger partial charge in [-0.2, -0.15) is 0 Å². The Labute approximate surface area is 112 Å². The molecule has 0 aliphatic heterocycles. The van der Waals surface area contributed by atoms with Crippen molar-refractivity contribution in [2.75, 3.05) is 6.61 Å². The van der Waals surface area contributed by atoms with E-state index < -0.39 is 17.1 Å². The van der Waals surface area contributed by atoms with Crippen molar-refractivity contribution >= 4 is 22.8 Å². The highest BCUT2D eigenvalue weighted by Crippen LogP contribution is 2.22. The maximum absolute atomic E-state index is 11.6. The van der Waals surface area contributed by atoms with Gasteiger partial charge in [0.1, 0.15) is 0 Å². The molecule has 0 saturated carbocycles. The molecule has 0 aliphatic rings. The van der Waals surface area contributed by atoms with Gasteiger partial charge in [-0.1, -0.05) is 44.2 Å². The molecule has 0 spiro atoms. The first-order chi connectivity index (χ1) is 8.50. The zero-order valence-electron chi connectivity index (χ0n) is 10.6. The smallest absolute Gasteiger partial charge is 0.306 e. The Bertz CT molecular complexity index is 401. The van der Waals surface area contributed by atoms with E-state index in [1.54, 1.807) is 12.1 Å². The maximum atomic E-state index is 11.6. The quantitative estimate of drug-likeness (QED) is 0.588. The zero-order chi connectivity index (χ0) is 13.5. The molecule has 98 valence electrons. The summed E-state index contributed by atoms with van der Waals surface area (Å²) in [5, 5.41) is -0.539. The van der Waals surface area contributed by atoms with Crippen molar-refractivity contribution in [2.24, 2.45) is 5.92 Å². The van der Waals surface area contributed by atoms with E-state index in [0.29, 0.717) is 6.61 Å². The summed E-state index contributed by atoms with van der Waals surface area (Å²) in [4.78, 5) is 23.0. The molecule has 1 atom stereocenters. The third-order valence-corrected chi connectivity index (χ3v) is 2.69. The lowest BCUT2D eigenvalue weighted by Crippen LogP contribution is -2.16. The molecule has 4 heteroatoms. The van der Waals surface area contributed by atoms with Crippen molar-refractivity contribution in [3.8, 4) is 0 Å². The van der Waals surface area contributed by atoms with E-state index >= 15 is 0 Å². The molecule has 1 rings (SSSR count). The number of halogens is 1. The molecule has 0 saturated heterocycles. The number of hydrogen-bond acceptors (Lipinski definition) is 3. The van der Waals surface area contributed by atoms with Crippen LogP contribution < -0.4 is 0 Å². The van der Waals surface area contributed by atoms with Crippen molar-refractivity contribution in [1.82, 2.24) is 0 Å². The van der Waals surface area contributed by atoms with Crippen LogP contribution >= 0.6 is 11.6 Å². The Kier molecular flexibility index (Phi) is 5.86. The monoisotopic (exact) mass is 268 g/mol. The van der Waals surface area contributed by atoms with Crippen LogP contribution in [0.15, 0.2) is 30.3 Å². The van der Waals surface area contributed by atoms with Crippen molar-refractivity contribution in [1.29, 1.82) is 0 Å². The van der Waals surface area contributed by atoms with Crippen molar-refractivity contribution < 1.29 is 14.3 Å². The lowest BCUT2D eigenvalue weighted by Gasteiger charge is -2.13. The summed E-state index contributed by atoms with van der Waals surface area (Å²) in [6, 6.07) is 9.01. The first-order valence-electron chi connectivity index (χ1n) is 5.90. The third kappa shape index (κ3) is 4.88. The summed E-state index contributed by atoms with van der Waals surface area (Å²) in [5.41, 5.74) is 0.735. The Morgan fingerprint density at radius 3 is 2.33 bits per heavy atom. The lowest BCUT2D eigenvalue weighted by atomic mass is 9.97.